The van der Waals surface area contributed by atoms with Crippen molar-refractivity contribution in [1.29, 1.82) is 0 Å². The van der Waals surface area contributed by atoms with Crippen molar-refractivity contribution in [2.24, 2.45) is 5.92 Å². The zero-order chi connectivity index (χ0) is 16.0. The number of alkyl carbamates (subject to hydrolysis) is 1. The number of hydrogen-bond acceptors (Lipinski definition) is 5. The van der Waals surface area contributed by atoms with Crippen molar-refractivity contribution in [3.8, 4) is 0 Å². The van der Waals surface area contributed by atoms with Gasteiger partial charge in [0, 0.05) is 5.92 Å². The molecule has 6 heteroatoms. The zero-order valence-corrected chi connectivity index (χ0v) is 13.3. The van der Waals surface area contributed by atoms with Gasteiger partial charge in [-0.3, -0.25) is 0 Å². The number of ether oxygens (including phenoxy) is 3. The first kappa shape index (κ1) is 17.3. The maximum absolute atomic E-state index is 12.1. The molecule has 0 saturated heterocycles. The molecule has 1 rings (SSSR count). The maximum atomic E-state index is 12.1. The lowest BCUT2D eigenvalue weighted by Crippen LogP contribution is -2.45. The lowest BCUT2D eigenvalue weighted by molar-refractivity contribution is -0.150. The third-order valence-electron chi connectivity index (χ3n) is 2.62. The van der Waals surface area contributed by atoms with Crippen molar-refractivity contribution in [2.45, 2.75) is 58.8 Å². The summed E-state index contributed by atoms with van der Waals surface area (Å²) in [5.41, 5.74) is -0.618. The first-order valence-electron chi connectivity index (χ1n) is 7.15. The van der Waals surface area contributed by atoms with Gasteiger partial charge in [0.1, 0.15) is 11.6 Å². The molecule has 1 aliphatic rings. The van der Waals surface area contributed by atoms with Gasteiger partial charge in [-0.25, -0.2) is 9.59 Å². The van der Waals surface area contributed by atoms with Crippen LogP contribution in [-0.2, 0) is 19.0 Å². The first-order valence-corrected chi connectivity index (χ1v) is 7.15. The summed E-state index contributed by atoms with van der Waals surface area (Å²) in [6, 6.07) is -0.751. The summed E-state index contributed by atoms with van der Waals surface area (Å²) >= 11 is 0. The Bertz CT molecular complexity index is 397. The van der Waals surface area contributed by atoms with Crippen LogP contribution in [-0.4, -0.2) is 36.4 Å². The van der Waals surface area contributed by atoms with Gasteiger partial charge in [0.05, 0.1) is 19.0 Å². The van der Waals surface area contributed by atoms with Gasteiger partial charge in [-0.15, -0.1) is 0 Å². The monoisotopic (exact) mass is 299 g/mol. The second-order valence-electron chi connectivity index (χ2n) is 6.34. The summed E-state index contributed by atoms with van der Waals surface area (Å²) in [5.74, 6) is -0.388. The van der Waals surface area contributed by atoms with E-state index in [1.807, 2.05) is 6.08 Å². The number of carbonyl (C=O) groups is 2. The van der Waals surface area contributed by atoms with Gasteiger partial charge in [0.25, 0.3) is 0 Å². The normalized spacial score (nSPS) is 19.0. The Hall–Kier alpha value is -1.72. The van der Waals surface area contributed by atoms with E-state index in [4.69, 9.17) is 14.2 Å². The minimum absolute atomic E-state index is 0.0737. The number of hydrogen-bond donors (Lipinski definition) is 1. The third-order valence-corrected chi connectivity index (χ3v) is 2.62. The molecule has 1 unspecified atom stereocenters. The summed E-state index contributed by atoms with van der Waals surface area (Å²) in [6.45, 7) is 9.33. The van der Waals surface area contributed by atoms with E-state index in [9.17, 15) is 9.59 Å². The van der Waals surface area contributed by atoms with Crippen LogP contribution >= 0.6 is 0 Å². The van der Waals surface area contributed by atoms with Gasteiger partial charge in [-0.2, -0.15) is 0 Å². The Morgan fingerprint density at radius 3 is 2.52 bits per heavy atom. The summed E-state index contributed by atoms with van der Waals surface area (Å²) in [7, 11) is 0. The largest absolute Gasteiger partial charge is 0.501 e. The van der Waals surface area contributed by atoms with Crippen molar-refractivity contribution in [2.75, 3.05) is 6.61 Å². The minimum Gasteiger partial charge on any atom is -0.501 e. The molecule has 0 fully saturated rings. The molecule has 120 valence electrons. The molecule has 0 radical (unpaired) electrons. The molecule has 2 atom stereocenters. The van der Waals surface area contributed by atoms with Gasteiger partial charge in [-0.1, -0.05) is 0 Å². The summed E-state index contributed by atoms with van der Waals surface area (Å²) < 4.78 is 15.5. The molecule has 0 spiro atoms. The van der Waals surface area contributed by atoms with Crippen LogP contribution in [0.1, 0.15) is 41.0 Å². The average molecular weight is 299 g/mol. The van der Waals surface area contributed by atoms with Gasteiger partial charge in [0.15, 0.2) is 0 Å². The van der Waals surface area contributed by atoms with Crippen molar-refractivity contribution >= 4 is 12.1 Å². The molecule has 1 aliphatic heterocycles. The lowest BCUT2D eigenvalue weighted by atomic mass is 10.0. The Balaban J connectivity index is 2.64. The second-order valence-corrected chi connectivity index (χ2v) is 6.34. The molecule has 0 saturated carbocycles. The number of rotatable bonds is 5. The summed E-state index contributed by atoms with van der Waals surface area (Å²) in [5, 5.41) is 2.58. The van der Waals surface area contributed by atoms with E-state index in [1.165, 1.54) is 0 Å². The highest BCUT2D eigenvalue weighted by molar-refractivity contribution is 5.81. The van der Waals surface area contributed by atoms with Crippen LogP contribution in [0.5, 0.6) is 0 Å². The molecular weight excluding hydrogens is 274 g/mol. The average Bonchev–Trinajstić information content (AvgIpc) is 2.77. The van der Waals surface area contributed by atoms with Gasteiger partial charge >= 0.3 is 12.1 Å². The van der Waals surface area contributed by atoms with Gasteiger partial charge < -0.3 is 19.5 Å². The number of esters is 1. The SMILES string of the molecule is CC(C)OC(=O)[C@@H](CC1C=COC1)NC(=O)OC(C)(C)C. The molecular formula is C15H25NO5. The third kappa shape index (κ3) is 7.02. The van der Waals surface area contributed by atoms with Crippen molar-refractivity contribution in [3.05, 3.63) is 12.3 Å². The fourth-order valence-corrected chi connectivity index (χ4v) is 1.83. The Labute approximate surface area is 125 Å². The highest BCUT2D eigenvalue weighted by atomic mass is 16.6. The summed E-state index contributed by atoms with van der Waals surface area (Å²) in [6.07, 6.45) is 3.02. The van der Waals surface area contributed by atoms with Crippen LogP contribution in [0.25, 0.3) is 0 Å². The Kier molecular flexibility index (Phi) is 6.05. The van der Waals surface area contributed by atoms with Gasteiger partial charge in [-0.05, 0) is 47.1 Å². The molecule has 0 aliphatic carbocycles. The highest BCUT2D eigenvalue weighted by Crippen LogP contribution is 2.17. The maximum Gasteiger partial charge on any atom is 0.408 e. The molecule has 0 aromatic carbocycles. The number of amides is 1. The summed E-state index contributed by atoms with van der Waals surface area (Å²) in [4.78, 5) is 23.9. The molecule has 1 heterocycles. The van der Waals surface area contributed by atoms with Crippen LogP contribution in [0.3, 0.4) is 0 Å². The van der Waals surface area contributed by atoms with Crippen LogP contribution in [0.15, 0.2) is 12.3 Å². The standard InChI is InChI=1S/C15H25NO5/c1-10(2)20-13(17)12(8-11-6-7-19-9-11)16-14(18)21-15(3,4)5/h6-7,10-12H,8-9H2,1-5H3,(H,16,18)/t11?,12-/m1/s1. The number of carbonyl (C=O) groups excluding carboxylic acids is 2. The van der Waals surface area contributed by atoms with E-state index >= 15 is 0 Å². The van der Waals surface area contributed by atoms with E-state index < -0.39 is 23.7 Å². The smallest absolute Gasteiger partial charge is 0.408 e. The van der Waals surface area contributed by atoms with Crippen LogP contribution in [0, 0.1) is 5.92 Å². The Morgan fingerprint density at radius 2 is 2.05 bits per heavy atom. The van der Waals surface area contributed by atoms with E-state index in [2.05, 4.69) is 5.32 Å². The predicted molar refractivity (Wildman–Crippen MR) is 77.6 cm³/mol. The van der Waals surface area contributed by atoms with Crippen molar-refractivity contribution in [1.82, 2.24) is 5.32 Å². The van der Waals surface area contributed by atoms with Crippen molar-refractivity contribution < 1.29 is 23.8 Å². The van der Waals surface area contributed by atoms with Crippen molar-refractivity contribution in [3.63, 3.8) is 0 Å². The zero-order valence-electron chi connectivity index (χ0n) is 13.3. The fourth-order valence-electron chi connectivity index (χ4n) is 1.83. The molecule has 21 heavy (non-hydrogen) atoms. The first-order chi connectivity index (χ1) is 9.67. The molecule has 1 amide bonds. The molecule has 0 bridgehead atoms. The molecule has 0 aromatic rings. The van der Waals surface area contributed by atoms with Crippen LogP contribution < -0.4 is 5.32 Å². The minimum atomic E-state index is -0.751. The van der Waals surface area contributed by atoms with E-state index in [0.29, 0.717) is 13.0 Å². The topological polar surface area (TPSA) is 73.9 Å². The number of nitrogens with one attached hydrogen (secondary N) is 1. The second kappa shape index (κ2) is 7.33. The lowest BCUT2D eigenvalue weighted by Gasteiger charge is -2.24. The molecule has 0 aromatic heterocycles. The van der Waals surface area contributed by atoms with E-state index in [1.54, 1.807) is 40.9 Å². The van der Waals surface area contributed by atoms with Crippen LogP contribution in [0.4, 0.5) is 4.79 Å². The van der Waals surface area contributed by atoms with Gasteiger partial charge in [0.2, 0.25) is 0 Å². The Morgan fingerprint density at radius 1 is 1.38 bits per heavy atom. The van der Waals surface area contributed by atoms with E-state index in [-0.39, 0.29) is 12.0 Å². The fraction of sp³-hybridized carbons (Fsp3) is 0.733. The predicted octanol–water partition coefficient (Wildman–Crippen LogP) is 2.38. The highest BCUT2D eigenvalue weighted by Gasteiger charge is 2.29. The quantitative estimate of drug-likeness (QED) is 0.789. The van der Waals surface area contributed by atoms with Crippen LogP contribution in [0.2, 0.25) is 0 Å². The molecule has 6 nitrogen and oxygen atoms in total. The van der Waals surface area contributed by atoms with E-state index in [0.717, 1.165) is 0 Å². The molecule has 1 N–H and O–H groups in total.